The first kappa shape index (κ1) is 13.5. The van der Waals surface area contributed by atoms with E-state index in [1.165, 1.54) is 6.92 Å². The quantitative estimate of drug-likeness (QED) is 0.691. The Labute approximate surface area is 127 Å². The van der Waals surface area contributed by atoms with Gasteiger partial charge in [0.05, 0.1) is 5.69 Å². The fraction of sp³-hybridized carbons (Fsp3) is 0.0625. The average molecular weight is 298 g/mol. The highest BCUT2D eigenvalue weighted by atomic mass is 35.5. The van der Waals surface area contributed by atoms with E-state index in [0.29, 0.717) is 16.4 Å². The van der Waals surface area contributed by atoms with Crippen molar-refractivity contribution in [1.82, 2.24) is 15.0 Å². The van der Waals surface area contributed by atoms with E-state index in [1.807, 2.05) is 42.5 Å². The molecule has 0 fully saturated rings. The normalized spacial score (nSPS) is 10.6. The van der Waals surface area contributed by atoms with Gasteiger partial charge in [-0.1, -0.05) is 53.2 Å². The maximum Gasteiger partial charge on any atom is 0.182 e. The molecule has 4 nitrogen and oxygen atoms in total. The summed E-state index contributed by atoms with van der Waals surface area (Å²) in [6, 6.07) is 16.9. The van der Waals surface area contributed by atoms with E-state index in [9.17, 15) is 4.79 Å². The van der Waals surface area contributed by atoms with Gasteiger partial charge in [-0.05, 0) is 18.2 Å². The molecule has 0 bridgehead atoms. The highest BCUT2D eigenvalue weighted by Gasteiger charge is 2.19. The first-order chi connectivity index (χ1) is 10.2. The lowest BCUT2D eigenvalue weighted by molar-refractivity contribution is 0.101. The monoisotopic (exact) mass is 297 g/mol. The lowest BCUT2D eigenvalue weighted by Crippen LogP contribution is -2.01. The van der Waals surface area contributed by atoms with Crippen LogP contribution in [0.4, 0.5) is 0 Å². The van der Waals surface area contributed by atoms with Crippen molar-refractivity contribution >= 4 is 17.4 Å². The van der Waals surface area contributed by atoms with E-state index < -0.39 is 0 Å². The second kappa shape index (κ2) is 5.50. The number of aromatic nitrogens is 3. The molecule has 1 heterocycles. The molecule has 0 saturated carbocycles. The van der Waals surface area contributed by atoms with Crippen LogP contribution in [0, 0.1) is 0 Å². The van der Waals surface area contributed by atoms with Crippen LogP contribution in [-0.2, 0) is 0 Å². The number of rotatable bonds is 3. The van der Waals surface area contributed by atoms with Crippen molar-refractivity contribution in [3.63, 3.8) is 0 Å². The largest absolute Gasteiger partial charge is 0.293 e. The van der Waals surface area contributed by atoms with Gasteiger partial charge >= 0.3 is 0 Å². The van der Waals surface area contributed by atoms with Crippen molar-refractivity contribution < 1.29 is 4.79 Å². The molecular formula is C16H12ClN3O. The molecule has 2 aromatic carbocycles. The molecule has 0 amide bonds. The second-order valence-corrected chi connectivity index (χ2v) is 5.04. The van der Waals surface area contributed by atoms with Crippen molar-refractivity contribution in [3.8, 4) is 16.9 Å². The molecule has 5 heteroatoms. The summed E-state index contributed by atoms with van der Waals surface area (Å²) in [5.74, 6) is -0.123. The summed E-state index contributed by atoms with van der Waals surface area (Å²) in [6.45, 7) is 1.48. The van der Waals surface area contributed by atoms with Crippen LogP contribution < -0.4 is 0 Å². The fourth-order valence-corrected chi connectivity index (χ4v) is 2.35. The van der Waals surface area contributed by atoms with E-state index in [4.69, 9.17) is 11.6 Å². The zero-order chi connectivity index (χ0) is 14.8. The molecule has 21 heavy (non-hydrogen) atoms. The standard InChI is InChI=1S/C16H12ClN3O/c1-11(21)15-16(12-6-3-2-4-7-12)20(19-18-15)14-9-5-8-13(17)10-14/h2-10H,1H3. The molecule has 0 aliphatic rings. The predicted molar refractivity (Wildman–Crippen MR) is 81.8 cm³/mol. The number of hydrogen-bond acceptors (Lipinski definition) is 3. The minimum Gasteiger partial charge on any atom is -0.293 e. The van der Waals surface area contributed by atoms with Gasteiger partial charge in [0.1, 0.15) is 5.69 Å². The average Bonchev–Trinajstić information content (AvgIpc) is 2.93. The Hall–Kier alpha value is -2.46. The van der Waals surface area contributed by atoms with E-state index in [0.717, 1.165) is 11.3 Å². The van der Waals surface area contributed by atoms with E-state index in [2.05, 4.69) is 10.3 Å². The van der Waals surface area contributed by atoms with Gasteiger partial charge in [-0.3, -0.25) is 4.79 Å². The summed E-state index contributed by atoms with van der Waals surface area (Å²) in [7, 11) is 0. The van der Waals surface area contributed by atoms with Crippen molar-refractivity contribution in [2.24, 2.45) is 0 Å². The van der Waals surface area contributed by atoms with Crippen LogP contribution in [0.5, 0.6) is 0 Å². The summed E-state index contributed by atoms with van der Waals surface area (Å²) in [5.41, 5.74) is 2.67. The number of benzene rings is 2. The van der Waals surface area contributed by atoms with E-state index in [1.54, 1.807) is 16.8 Å². The van der Waals surface area contributed by atoms with Gasteiger partial charge in [0.15, 0.2) is 11.5 Å². The molecule has 0 unspecified atom stereocenters. The summed E-state index contributed by atoms with van der Waals surface area (Å²) in [4.78, 5) is 11.8. The van der Waals surface area contributed by atoms with Crippen LogP contribution in [0.15, 0.2) is 54.6 Å². The minimum absolute atomic E-state index is 0.123. The SMILES string of the molecule is CC(=O)c1nnn(-c2cccc(Cl)c2)c1-c1ccccc1. The molecule has 3 aromatic rings. The Bertz CT molecular complexity index is 796. The Morgan fingerprint density at radius 2 is 1.86 bits per heavy atom. The third kappa shape index (κ3) is 2.58. The number of carbonyl (C=O) groups excluding carboxylic acids is 1. The summed E-state index contributed by atoms with van der Waals surface area (Å²) < 4.78 is 1.64. The Morgan fingerprint density at radius 3 is 2.52 bits per heavy atom. The van der Waals surface area contributed by atoms with Gasteiger partial charge in [0, 0.05) is 17.5 Å². The number of hydrogen-bond donors (Lipinski definition) is 0. The molecule has 1 aromatic heterocycles. The van der Waals surface area contributed by atoms with Gasteiger partial charge < -0.3 is 0 Å². The minimum atomic E-state index is -0.123. The number of Topliss-reactive ketones (excluding diaryl/α,β-unsaturated/α-hetero) is 1. The second-order valence-electron chi connectivity index (χ2n) is 4.60. The van der Waals surface area contributed by atoms with Crippen LogP contribution in [-0.4, -0.2) is 20.8 Å². The van der Waals surface area contributed by atoms with Gasteiger partial charge in [0.25, 0.3) is 0 Å². The zero-order valence-corrected chi connectivity index (χ0v) is 12.1. The van der Waals surface area contributed by atoms with Crippen LogP contribution in [0.25, 0.3) is 16.9 Å². The molecule has 0 N–H and O–H groups in total. The maximum absolute atomic E-state index is 11.8. The lowest BCUT2D eigenvalue weighted by Gasteiger charge is -2.07. The Morgan fingerprint density at radius 1 is 1.10 bits per heavy atom. The number of nitrogens with zero attached hydrogens (tertiary/aromatic N) is 3. The van der Waals surface area contributed by atoms with Crippen molar-refractivity contribution in [2.45, 2.75) is 6.92 Å². The molecule has 0 saturated heterocycles. The van der Waals surface area contributed by atoms with Crippen LogP contribution >= 0.6 is 11.6 Å². The number of halogens is 1. The van der Waals surface area contributed by atoms with Crippen LogP contribution in [0.1, 0.15) is 17.4 Å². The third-order valence-corrected chi connectivity index (χ3v) is 3.34. The van der Waals surface area contributed by atoms with Crippen molar-refractivity contribution in [1.29, 1.82) is 0 Å². The fourth-order valence-electron chi connectivity index (χ4n) is 2.16. The summed E-state index contributed by atoms with van der Waals surface area (Å²) in [5, 5.41) is 8.73. The van der Waals surface area contributed by atoms with Gasteiger partial charge in [0.2, 0.25) is 0 Å². The topological polar surface area (TPSA) is 47.8 Å². The van der Waals surface area contributed by atoms with E-state index >= 15 is 0 Å². The lowest BCUT2D eigenvalue weighted by atomic mass is 10.1. The van der Waals surface area contributed by atoms with Crippen LogP contribution in [0.2, 0.25) is 5.02 Å². The first-order valence-electron chi connectivity index (χ1n) is 6.45. The molecule has 3 rings (SSSR count). The Balaban J connectivity index is 2.25. The molecule has 0 radical (unpaired) electrons. The van der Waals surface area contributed by atoms with Crippen LogP contribution in [0.3, 0.4) is 0 Å². The molecule has 0 aliphatic heterocycles. The molecule has 104 valence electrons. The smallest absolute Gasteiger partial charge is 0.182 e. The van der Waals surface area contributed by atoms with E-state index in [-0.39, 0.29) is 5.78 Å². The van der Waals surface area contributed by atoms with Gasteiger partial charge in [-0.15, -0.1) is 5.10 Å². The van der Waals surface area contributed by atoms with Gasteiger partial charge in [-0.2, -0.15) is 0 Å². The molecular weight excluding hydrogens is 286 g/mol. The molecule has 0 spiro atoms. The highest BCUT2D eigenvalue weighted by Crippen LogP contribution is 2.26. The first-order valence-corrected chi connectivity index (χ1v) is 6.82. The maximum atomic E-state index is 11.8. The predicted octanol–water partition coefficient (Wildman–Crippen LogP) is 3.79. The summed E-state index contributed by atoms with van der Waals surface area (Å²) >= 11 is 6.03. The number of ketones is 1. The molecule has 0 atom stereocenters. The zero-order valence-electron chi connectivity index (χ0n) is 11.3. The summed E-state index contributed by atoms with van der Waals surface area (Å²) in [6.07, 6.45) is 0. The Kier molecular flexibility index (Phi) is 3.54. The number of carbonyl (C=O) groups is 1. The van der Waals surface area contributed by atoms with Crippen molar-refractivity contribution in [2.75, 3.05) is 0 Å². The van der Waals surface area contributed by atoms with Gasteiger partial charge in [-0.25, -0.2) is 4.68 Å². The highest BCUT2D eigenvalue weighted by molar-refractivity contribution is 6.30. The third-order valence-electron chi connectivity index (χ3n) is 3.10. The van der Waals surface area contributed by atoms with Crippen molar-refractivity contribution in [3.05, 3.63) is 65.3 Å². The molecule has 0 aliphatic carbocycles.